The zero-order valence-electron chi connectivity index (χ0n) is 19.6. The summed E-state index contributed by atoms with van der Waals surface area (Å²) in [6, 6.07) is 8.33. The number of rotatable bonds is 6. The highest BCUT2D eigenvalue weighted by atomic mass is 16.5. The van der Waals surface area contributed by atoms with Crippen molar-refractivity contribution in [3.63, 3.8) is 0 Å². The number of aliphatic imine (C=N–C) groups is 1. The maximum absolute atomic E-state index is 9.56. The van der Waals surface area contributed by atoms with Gasteiger partial charge in [0.1, 0.15) is 24.5 Å². The van der Waals surface area contributed by atoms with Gasteiger partial charge in [0.25, 0.3) is 0 Å². The number of fused-ring (bicyclic) bond motifs is 1. The molecule has 2 aromatic rings. The van der Waals surface area contributed by atoms with Gasteiger partial charge in [0, 0.05) is 30.9 Å². The molecule has 1 atom stereocenters. The fourth-order valence-electron chi connectivity index (χ4n) is 4.50. The molecule has 6 rings (SSSR count). The molecule has 3 aliphatic heterocycles. The van der Waals surface area contributed by atoms with Gasteiger partial charge in [-0.05, 0) is 50.9 Å². The lowest BCUT2D eigenvalue weighted by Gasteiger charge is -2.30. The van der Waals surface area contributed by atoms with E-state index < -0.39 is 6.04 Å². The number of piperidine rings is 1. The van der Waals surface area contributed by atoms with E-state index in [4.69, 9.17) is 4.74 Å². The minimum atomic E-state index is -0.399. The molecule has 4 aliphatic rings. The van der Waals surface area contributed by atoms with Crippen molar-refractivity contribution < 1.29 is 4.74 Å². The molecule has 35 heavy (non-hydrogen) atoms. The van der Waals surface area contributed by atoms with Crippen LogP contribution in [0.3, 0.4) is 0 Å². The number of anilines is 1. The van der Waals surface area contributed by atoms with Crippen molar-refractivity contribution in [2.24, 2.45) is 10.1 Å². The first kappa shape index (κ1) is 21.6. The van der Waals surface area contributed by atoms with Crippen LogP contribution in [0, 0.1) is 11.3 Å². The average molecular weight is 473 g/mol. The van der Waals surface area contributed by atoms with Crippen LogP contribution in [0.2, 0.25) is 0 Å². The second kappa shape index (κ2) is 9.03. The molecule has 1 aliphatic carbocycles. The molecule has 1 saturated carbocycles. The molecule has 0 radical (unpaired) electrons. The van der Waals surface area contributed by atoms with Gasteiger partial charge in [-0.15, -0.1) is 10.2 Å². The Bertz CT molecular complexity index is 1220. The Labute approximate surface area is 203 Å². The first-order chi connectivity index (χ1) is 17.2. The third-order valence-corrected chi connectivity index (χ3v) is 6.64. The Balaban J connectivity index is 1.27. The second-order valence-electron chi connectivity index (χ2n) is 9.41. The van der Waals surface area contributed by atoms with Gasteiger partial charge in [-0.2, -0.15) is 10.4 Å². The number of ether oxygens (including phenoxy) is 1. The van der Waals surface area contributed by atoms with Crippen LogP contribution in [0.25, 0.3) is 5.69 Å². The highest BCUT2D eigenvalue weighted by molar-refractivity contribution is 6.13. The number of likely N-dealkylation sites (tertiary alicyclic amines) is 1. The van der Waals surface area contributed by atoms with Crippen molar-refractivity contribution >= 4 is 17.4 Å². The predicted octanol–water partition coefficient (Wildman–Crippen LogP) is 1.72. The van der Waals surface area contributed by atoms with Crippen molar-refractivity contribution in [2.45, 2.75) is 43.9 Å². The van der Waals surface area contributed by atoms with Crippen LogP contribution in [-0.2, 0) is 0 Å². The number of hydrazone groups is 1. The third kappa shape index (κ3) is 4.57. The van der Waals surface area contributed by atoms with Gasteiger partial charge in [-0.1, -0.05) is 0 Å². The van der Waals surface area contributed by atoms with Crippen LogP contribution < -0.4 is 15.4 Å². The van der Waals surface area contributed by atoms with Crippen LogP contribution >= 0.6 is 0 Å². The molecule has 2 fully saturated rings. The van der Waals surface area contributed by atoms with E-state index in [-0.39, 0.29) is 6.10 Å². The summed E-state index contributed by atoms with van der Waals surface area (Å²) in [6.45, 7) is 2.48. The lowest BCUT2D eigenvalue weighted by molar-refractivity contribution is 0.114. The normalized spacial score (nSPS) is 22.6. The molecule has 11 nitrogen and oxygen atoms in total. The monoisotopic (exact) mass is 472 g/mol. The Morgan fingerprint density at radius 3 is 2.66 bits per heavy atom. The summed E-state index contributed by atoms with van der Waals surface area (Å²) < 4.78 is 8.27. The quantitative estimate of drug-likeness (QED) is 0.652. The van der Waals surface area contributed by atoms with Gasteiger partial charge in [0.2, 0.25) is 0 Å². The van der Waals surface area contributed by atoms with E-state index in [1.807, 2.05) is 28.8 Å². The Morgan fingerprint density at radius 1 is 1.11 bits per heavy atom. The molecule has 2 N–H and O–H groups in total. The summed E-state index contributed by atoms with van der Waals surface area (Å²) >= 11 is 0. The number of hydrogen-bond donors (Lipinski definition) is 2. The Hall–Kier alpha value is -3.91. The fourth-order valence-corrected chi connectivity index (χ4v) is 4.50. The highest BCUT2D eigenvalue weighted by Crippen LogP contribution is 2.30. The molecular formula is C24H28N10O. The number of amidine groups is 2. The number of nitrogens with zero attached hydrogens (tertiary/aromatic N) is 8. The molecule has 0 amide bonds. The summed E-state index contributed by atoms with van der Waals surface area (Å²) in [5.41, 5.74) is 2.61. The minimum absolute atomic E-state index is 0.178. The Kier molecular flexibility index (Phi) is 5.58. The topological polar surface area (TPSA) is 119 Å². The maximum Gasteiger partial charge on any atom is 0.169 e. The van der Waals surface area contributed by atoms with Crippen LogP contribution in [0.15, 0.2) is 52.7 Å². The zero-order chi connectivity index (χ0) is 23.8. The summed E-state index contributed by atoms with van der Waals surface area (Å²) in [6.07, 6.45) is 9.77. The largest absolute Gasteiger partial charge is 0.488 e. The standard InChI is InChI=1S/C24H28N10O/c1-32-8-6-19(7-9-32)35-22-5-4-17(10-21(22)33-14-27-28-15-33)30-23-11-20(29-16-2-3-16)24-26-13-18(12-25)34(24)31-23/h4-5,10-11,14-16,18-19,29H,2-3,6-9,13H2,1H3,(H,30,31). The van der Waals surface area contributed by atoms with Crippen molar-refractivity contribution in [3.8, 4) is 17.5 Å². The van der Waals surface area contributed by atoms with Crippen molar-refractivity contribution in [3.05, 3.63) is 42.6 Å². The highest BCUT2D eigenvalue weighted by Gasteiger charge is 2.35. The predicted molar refractivity (Wildman–Crippen MR) is 131 cm³/mol. The van der Waals surface area contributed by atoms with Gasteiger partial charge in [0.15, 0.2) is 17.7 Å². The molecule has 0 spiro atoms. The van der Waals surface area contributed by atoms with E-state index in [0.29, 0.717) is 18.4 Å². The molecule has 1 unspecified atom stereocenters. The first-order valence-electron chi connectivity index (χ1n) is 12.1. The van der Waals surface area contributed by atoms with Gasteiger partial charge in [-0.3, -0.25) is 9.56 Å². The number of nitrogens with one attached hydrogen (secondary N) is 2. The molecule has 11 heteroatoms. The summed E-state index contributed by atoms with van der Waals surface area (Å²) in [5, 5.41) is 30.9. The second-order valence-corrected chi connectivity index (χ2v) is 9.41. The van der Waals surface area contributed by atoms with E-state index in [2.05, 4.69) is 48.9 Å². The Morgan fingerprint density at radius 2 is 1.91 bits per heavy atom. The number of hydrogen-bond acceptors (Lipinski definition) is 10. The number of aromatic nitrogens is 3. The molecule has 0 bridgehead atoms. The van der Waals surface area contributed by atoms with Crippen LogP contribution in [0.4, 0.5) is 5.69 Å². The van der Waals surface area contributed by atoms with E-state index in [0.717, 1.165) is 67.4 Å². The average Bonchev–Trinajstić information content (AvgIpc) is 3.34. The maximum atomic E-state index is 9.56. The van der Waals surface area contributed by atoms with Crippen molar-refractivity contribution in [2.75, 3.05) is 32.0 Å². The van der Waals surface area contributed by atoms with Crippen molar-refractivity contribution in [1.82, 2.24) is 30.0 Å². The van der Waals surface area contributed by atoms with Gasteiger partial charge in [0.05, 0.1) is 24.0 Å². The fraction of sp³-hybridized carbons (Fsp3) is 0.458. The van der Waals surface area contributed by atoms with E-state index in [1.165, 1.54) is 0 Å². The lowest BCUT2D eigenvalue weighted by Crippen LogP contribution is -2.40. The molecule has 1 aromatic carbocycles. The smallest absolute Gasteiger partial charge is 0.169 e. The molecule has 1 aromatic heterocycles. The number of benzene rings is 1. The van der Waals surface area contributed by atoms with Crippen LogP contribution in [0.5, 0.6) is 5.75 Å². The van der Waals surface area contributed by atoms with Gasteiger partial charge >= 0.3 is 0 Å². The third-order valence-electron chi connectivity index (χ3n) is 6.64. The lowest BCUT2D eigenvalue weighted by atomic mass is 10.1. The number of nitriles is 1. The van der Waals surface area contributed by atoms with E-state index >= 15 is 0 Å². The summed E-state index contributed by atoms with van der Waals surface area (Å²) in [4.78, 5) is 6.88. The SMILES string of the molecule is CN1CCC(Oc2ccc(NC3=NN4C(=NCC4C#N)C(NC4CC4)=C3)cc2-n2cnnc2)CC1. The summed E-state index contributed by atoms with van der Waals surface area (Å²) in [7, 11) is 2.14. The first-order valence-corrected chi connectivity index (χ1v) is 12.1. The molecule has 4 heterocycles. The minimum Gasteiger partial charge on any atom is -0.488 e. The zero-order valence-corrected chi connectivity index (χ0v) is 19.6. The van der Waals surface area contributed by atoms with Gasteiger partial charge < -0.3 is 20.3 Å². The van der Waals surface area contributed by atoms with Crippen molar-refractivity contribution in [1.29, 1.82) is 5.26 Å². The molecular weight excluding hydrogens is 444 g/mol. The van der Waals surface area contributed by atoms with Gasteiger partial charge in [-0.25, -0.2) is 5.01 Å². The van der Waals surface area contributed by atoms with Crippen LogP contribution in [0.1, 0.15) is 25.7 Å². The molecule has 180 valence electrons. The van der Waals surface area contributed by atoms with E-state index in [1.54, 1.807) is 17.7 Å². The van der Waals surface area contributed by atoms with Crippen LogP contribution in [-0.4, -0.2) is 81.2 Å². The molecule has 1 saturated heterocycles. The summed E-state index contributed by atoms with van der Waals surface area (Å²) in [5.74, 6) is 2.18. The van der Waals surface area contributed by atoms with E-state index in [9.17, 15) is 5.26 Å².